The topological polar surface area (TPSA) is 116 Å². The van der Waals surface area contributed by atoms with Crippen LogP contribution in [0, 0.1) is 10.1 Å². The number of hydrogen-bond acceptors (Lipinski definition) is 6. The highest BCUT2D eigenvalue weighted by atomic mass is 32.2. The predicted molar refractivity (Wildman–Crippen MR) is 95.1 cm³/mol. The van der Waals surface area contributed by atoms with Crippen molar-refractivity contribution in [2.45, 2.75) is 17.9 Å². The Morgan fingerprint density at radius 2 is 1.81 bits per heavy atom. The van der Waals surface area contributed by atoms with Crippen LogP contribution < -0.4 is 10.1 Å². The molecule has 0 bridgehead atoms. The monoisotopic (exact) mass is 378 g/mol. The molecule has 8 nitrogen and oxygen atoms in total. The molecule has 138 valence electrons. The largest absolute Gasteiger partial charge is 0.490 e. The first kappa shape index (κ1) is 19.4. The number of hydrogen-bond donors (Lipinski definition) is 1. The Morgan fingerprint density at radius 1 is 1.19 bits per heavy atom. The molecule has 26 heavy (non-hydrogen) atoms. The van der Waals surface area contributed by atoms with Crippen LogP contribution in [0.5, 0.6) is 5.75 Å². The van der Waals surface area contributed by atoms with Crippen LogP contribution in [0.3, 0.4) is 0 Å². The van der Waals surface area contributed by atoms with Gasteiger partial charge in [-0.1, -0.05) is 12.1 Å². The van der Waals surface area contributed by atoms with E-state index in [9.17, 15) is 23.3 Å². The zero-order chi connectivity index (χ0) is 19.5. The molecule has 0 aliphatic rings. The molecule has 0 saturated carbocycles. The first-order valence-electron chi connectivity index (χ1n) is 7.57. The number of carbonyl (C=O) groups excluding carboxylic acids is 1. The van der Waals surface area contributed by atoms with E-state index >= 15 is 0 Å². The second-order valence-electron chi connectivity index (χ2n) is 5.68. The zero-order valence-corrected chi connectivity index (χ0v) is 15.2. The van der Waals surface area contributed by atoms with E-state index in [0.29, 0.717) is 5.56 Å². The number of sulfone groups is 1. The van der Waals surface area contributed by atoms with Crippen molar-refractivity contribution < 1.29 is 22.9 Å². The van der Waals surface area contributed by atoms with Gasteiger partial charge in [-0.2, -0.15) is 0 Å². The molecule has 0 aliphatic carbocycles. The number of benzene rings is 2. The quantitative estimate of drug-likeness (QED) is 0.610. The molecule has 0 aliphatic heterocycles. The van der Waals surface area contributed by atoms with Gasteiger partial charge in [0.1, 0.15) is 0 Å². The van der Waals surface area contributed by atoms with E-state index in [2.05, 4.69) is 5.32 Å². The van der Waals surface area contributed by atoms with E-state index in [0.717, 1.165) is 12.3 Å². The van der Waals surface area contributed by atoms with Gasteiger partial charge in [-0.3, -0.25) is 14.9 Å². The molecule has 1 unspecified atom stereocenters. The Labute approximate surface area is 150 Å². The third kappa shape index (κ3) is 4.37. The van der Waals surface area contributed by atoms with Crippen LogP contribution in [0.15, 0.2) is 47.4 Å². The smallest absolute Gasteiger partial charge is 0.311 e. The van der Waals surface area contributed by atoms with Crippen LogP contribution in [0.25, 0.3) is 0 Å². The molecule has 2 aromatic carbocycles. The number of methoxy groups -OCH3 is 1. The molecule has 0 radical (unpaired) electrons. The molecule has 0 saturated heterocycles. The Balaban J connectivity index is 2.19. The Kier molecular flexibility index (Phi) is 5.61. The number of nitro benzene ring substituents is 1. The summed E-state index contributed by atoms with van der Waals surface area (Å²) in [6, 6.07) is 9.66. The van der Waals surface area contributed by atoms with Gasteiger partial charge in [0.25, 0.3) is 5.91 Å². The van der Waals surface area contributed by atoms with E-state index < -0.39 is 26.7 Å². The van der Waals surface area contributed by atoms with Gasteiger partial charge in [-0.25, -0.2) is 8.42 Å². The molecular weight excluding hydrogens is 360 g/mol. The molecule has 0 aromatic heterocycles. The summed E-state index contributed by atoms with van der Waals surface area (Å²) in [5, 5.41) is 13.8. The summed E-state index contributed by atoms with van der Waals surface area (Å²) in [5.41, 5.74) is 0.524. The van der Waals surface area contributed by atoms with Crippen molar-refractivity contribution in [2.24, 2.45) is 0 Å². The number of amides is 1. The maximum absolute atomic E-state index is 12.4. The summed E-state index contributed by atoms with van der Waals surface area (Å²) in [7, 11) is -1.98. The van der Waals surface area contributed by atoms with E-state index in [1.807, 2.05) is 0 Å². The minimum Gasteiger partial charge on any atom is -0.490 e. The molecule has 1 amide bonds. The standard InChI is InChI=1S/C17H18N2O6S/c1-11(12-4-7-14(8-5-12)26(3,23)24)18-17(20)13-6-9-16(25-2)15(10-13)19(21)22/h4-11H,1-3H3,(H,18,20). The van der Waals surface area contributed by atoms with Gasteiger partial charge in [-0.15, -0.1) is 0 Å². The van der Waals surface area contributed by atoms with Crippen LogP contribution in [0.2, 0.25) is 0 Å². The molecular formula is C17H18N2O6S. The van der Waals surface area contributed by atoms with Crippen LogP contribution in [0.4, 0.5) is 5.69 Å². The summed E-state index contributed by atoms with van der Waals surface area (Å²) in [4.78, 5) is 23.0. The van der Waals surface area contributed by atoms with Crippen molar-refractivity contribution >= 4 is 21.4 Å². The Morgan fingerprint density at radius 3 is 2.31 bits per heavy atom. The molecule has 2 rings (SSSR count). The average Bonchev–Trinajstić information content (AvgIpc) is 2.60. The fraction of sp³-hybridized carbons (Fsp3) is 0.235. The average molecular weight is 378 g/mol. The summed E-state index contributed by atoms with van der Waals surface area (Å²) >= 11 is 0. The van der Waals surface area contributed by atoms with Crippen LogP contribution in [-0.4, -0.2) is 32.6 Å². The van der Waals surface area contributed by atoms with Gasteiger partial charge < -0.3 is 10.1 Å². The van der Waals surface area contributed by atoms with E-state index in [-0.39, 0.29) is 21.9 Å². The first-order valence-corrected chi connectivity index (χ1v) is 9.46. The number of nitrogens with one attached hydrogen (secondary N) is 1. The Bertz CT molecular complexity index is 938. The lowest BCUT2D eigenvalue weighted by Gasteiger charge is -2.15. The highest BCUT2D eigenvalue weighted by Crippen LogP contribution is 2.27. The van der Waals surface area contributed by atoms with Gasteiger partial charge in [0.2, 0.25) is 0 Å². The normalized spacial score (nSPS) is 12.3. The minimum absolute atomic E-state index is 0.0657. The van der Waals surface area contributed by atoms with Gasteiger partial charge >= 0.3 is 5.69 Å². The molecule has 1 N–H and O–H groups in total. The van der Waals surface area contributed by atoms with E-state index in [1.54, 1.807) is 19.1 Å². The van der Waals surface area contributed by atoms with Gasteiger partial charge in [-0.05, 0) is 36.8 Å². The molecule has 0 fully saturated rings. The molecule has 0 spiro atoms. The van der Waals surface area contributed by atoms with Gasteiger partial charge in [0.15, 0.2) is 15.6 Å². The van der Waals surface area contributed by atoms with Crippen molar-refractivity contribution in [3.8, 4) is 5.75 Å². The molecule has 2 aromatic rings. The number of rotatable bonds is 6. The van der Waals surface area contributed by atoms with Crippen LogP contribution >= 0.6 is 0 Å². The van der Waals surface area contributed by atoms with E-state index in [4.69, 9.17) is 4.74 Å². The number of nitrogens with zero attached hydrogens (tertiary/aromatic N) is 1. The molecule has 9 heteroatoms. The highest BCUT2D eigenvalue weighted by Gasteiger charge is 2.19. The van der Waals surface area contributed by atoms with Crippen LogP contribution in [0.1, 0.15) is 28.9 Å². The van der Waals surface area contributed by atoms with Crippen molar-refractivity contribution in [1.82, 2.24) is 5.32 Å². The lowest BCUT2D eigenvalue weighted by molar-refractivity contribution is -0.385. The summed E-state index contributed by atoms with van der Waals surface area (Å²) in [6.07, 6.45) is 1.11. The fourth-order valence-electron chi connectivity index (χ4n) is 2.34. The maximum atomic E-state index is 12.4. The number of carbonyl (C=O) groups is 1. The van der Waals surface area contributed by atoms with Crippen LogP contribution in [-0.2, 0) is 9.84 Å². The highest BCUT2D eigenvalue weighted by molar-refractivity contribution is 7.90. The van der Waals surface area contributed by atoms with Gasteiger partial charge in [0, 0.05) is 17.9 Å². The lowest BCUT2D eigenvalue weighted by atomic mass is 10.1. The number of nitro groups is 1. The SMILES string of the molecule is COc1ccc(C(=O)NC(C)c2ccc(S(C)(=O)=O)cc2)cc1[N+](=O)[O-]. The third-order valence-electron chi connectivity index (χ3n) is 3.79. The van der Waals surface area contributed by atoms with Crippen molar-refractivity contribution in [2.75, 3.05) is 13.4 Å². The second kappa shape index (κ2) is 7.52. The van der Waals surface area contributed by atoms with Crippen molar-refractivity contribution in [3.05, 3.63) is 63.7 Å². The minimum atomic E-state index is -3.29. The molecule has 1 atom stereocenters. The first-order chi connectivity index (χ1) is 12.1. The van der Waals surface area contributed by atoms with Gasteiger partial charge in [0.05, 0.1) is 23.0 Å². The second-order valence-corrected chi connectivity index (χ2v) is 7.70. The Hall–Kier alpha value is -2.94. The summed E-state index contributed by atoms with van der Waals surface area (Å²) < 4.78 is 27.9. The van der Waals surface area contributed by atoms with Crippen molar-refractivity contribution in [3.63, 3.8) is 0 Å². The number of ether oxygens (including phenoxy) is 1. The fourth-order valence-corrected chi connectivity index (χ4v) is 2.97. The predicted octanol–water partition coefficient (Wildman–Crippen LogP) is 2.50. The maximum Gasteiger partial charge on any atom is 0.311 e. The van der Waals surface area contributed by atoms with E-state index in [1.165, 1.54) is 31.4 Å². The third-order valence-corrected chi connectivity index (χ3v) is 4.92. The molecule has 0 heterocycles. The lowest BCUT2D eigenvalue weighted by Crippen LogP contribution is -2.26. The van der Waals surface area contributed by atoms with Crippen molar-refractivity contribution in [1.29, 1.82) is 0 Å². The summed E-state index contributed by atoms with van der Waals surface area (Å²) in [5.74, 6) is -0.425. The zero-order valence-electron chi connectivity index (χ0n) is 14.4. The summed E-state index contributed by atoms with van der Waals surface area (Å²) in [6.45, 7) is 1.73.